The molecule has 0 N–H and O–H groups in total. The number of aryl methyl sites for hydroxylation is 1. The van der Waals surface area contributed by atoms with Crippen molar-refractivity contribution in [3.8, 4) is 17.7 Å². The third-order valence-electron chi connectivity index (χ3n) is 4.10. The van der Waals surface area contributed by atoms with Crippen LogP contribution in [0.15, 0.2) is 46.9 Å². The Morgan fingerprint density at radius 1 is 1.00 bits per heavy atom. The smallest absolute Gasteiger partial charge is 0.257 e. The van der Waals surface area contributed by atoms with E-state index in [2.05, 4.69) is 16.3 Å². The van der Waals surface area contributed by atoms with Crippen LogP contribution in [0.1, 0.15) is 16.8 Å². The van der Waals surface area contributed by atoms with E-state index in [4.69, 9.17) is 9.15 Å². The minimum Gasteiger partial charge on any atom is -0.456 e. The van der Waals surface area contributed by atoms with Crippen molar-refractivity contribution in [1.82, 2.24) is 10.2 Å². The predicted octanol–water partition coefficient (Wildman–Crippen LogP) is 4.66. The van der Waals surface area contributed by atoms with Gasteiger partial charge in [0.05, 0.1) is 5.69 Å². The number of fused-ring (bicyclic) bond motifs is 3. The number of nitriles is 1. The second-order valence-corrected chi connectivity index (χ2v) is 5.56. The summed E-state index contributed by atoms with van der Waals surface area (Å²) in [6.07, 6.45) is 0. The minimum absolute atomic E-state index is 0.216. The molecule has 0 saturated carbocycles. The quantitative estimate of drug-likeness (QED) is 0.538. The van der Waals surface area contributed by atoms with Crippen molar-refractivity contribution in [2.75, 3.05) is 0 Å². The van der Waals surface area contributed by atoms with E-state index in [0.29, 0.717) is 11.3 Å². The Morgan fingerprint density at radius 2 is 1.79 bits per heavy atom. The number of hydrogen-bond donors (Lipinski definition) is 0. The maximum absolute atomic E-state index is 9.37. The summed E-state index contributed by atoms with van der Waals surface area (Å²) < 4.78 is 11.6. The Morgan fingerprint density at radius 3 is 2.62 bits per heavy atom. The molecule has 0 saturated heterocycles. The van der Waals surface area contributed by atoms with Gasteiger partial charge in [-0.05, 0) is 43.7 Å². The maximum Gasteiger partial charge on any atom is 0.257 e. The molecule has 2 heterocycles. The summed E-state index contributed by atoms with van der Waals surface area (Å²) >= 11 is 0. The third-order valence-corrected chi connectivity index (χ3v) is 4.10. The zero-order chi connectivity index (χ0) is 16.7. The van der Waals surface area contributed by atoms with Crippen LogP contribution in [-0.2, 0) is 0 Å². The largest absolute Gasteiger partial charge is 0.456 e. The zero-order valence-corrected chi connectivity index (χ0v) is 13.2. The van der Waals surface area contributed by atoms with Gasteiger partial charge in [-0.2, -0.15) is 10.4 Å². The number of rotatable bonds is 2. The van der Waals surface area contributed by atoms with E-state index in [1.54, 1.807) is 6.07 Å². The Labute approximate surface area is 138 Å². The van der Waals surface area contributed by atoms with Crippen LogP contribution < -0.4 is 4.74 Å². The number of nitrogens with zero attached hydrogens (tertiary/aromatic N) is 3. The van der Waals surface area contributed by atoms with Crippen molar-refractivity contribution in [1.29, 1.82) is 5.26 Å². The number of aromatic nitrogens is 2. The highest BCUT2D eigenvalue weighted by molar-refractivity contribution is 6.05. The van der Waals surface area contributed by atoms with Gasteiger partial charge in [-0.3, -0.25) is 0 Å². The van der Waals surface area contributed by atoms with Gasteiger partial charge in [0.25, 0.3) is 5.88 Å². The van der Waals surface area contributed by atoms with Gasteiger partial charge in [0.15, 0.2) is 0 Å². The fourth-order valence-electron chi connectivity index (χ4n) is 2.67. The monoisotopic (exact) mass is 315 g/mol. The highest BCUT2D eigenvalue weighted by Crippen LogP contribution is 2.33. The maximum atomic E-state index is 9.37. The van der Waals surface area contributed by atoms with Crippen LogP contribution in [0.2, 0.25) is 0 Å². The summed E-state index contributed by atoms with van der Waals surface area (Å²) in [7, 11) is 0. The summed E-state index contributed by atoms with van der Waals surface area (Å²) in [4.78, 5) is 0. The van der Waals surface area contributed by atoms with E-state index in [9.17, 15) is 5.26 Å². The average molecular weight is 315 g/mol. The lowest BCUT2D eigenvalue weighted by Gasteiger charge is -2.08. The molecular weight excluding hydrogens is 302 g/mol. The molecule has 0 atom stereocenters. The van der Waals surface area contributed by atoms with E-state index in [1.807, 2.05) is 50.2 Å². The summed E-state index contributed by atoms with van der Waals surface area (Å²) in [5, 5.41) is 19.4. The van der Waals surface area contributed by atoms with Gasteiger partial charge in [0, 0.05) is 10.8 Å². The molecule has 116 valence electrons. The molecule has 2 aromatic carbocycles. The van der Waals surface area contributed by atoms with Gasteiger partial charge in [-0.25, -0.2) is 0 Å². The average Bonchev–Trinajstić information content (AvgIpc) is 2.97. The molecule has 0 aliphatic heterocycles. The number of furan rings is 1. The van der Waals surface area contributed by atoms with Crippen molar-refractivity contribution < 1.29 is 9.15 Å². The van der Waals surface area contributed by atoms with Crippen LogP contribution in [0.25, 0.3) is 21.9 Å². The Bertz CT molecular complexity index is 1120. The van der Waals surface area contributed by atoms with Gasteiger partial charge in [-0.1, -0.05) is 18.2 Å². The molecule has 0 fully saturated rings. The molecule has 0 aliphatic carbocycles. The predicted molar refractivity (Wildman–Crippen MR) is 90.0 cm³/mol. The zero-order valence-electron chi connectivity index (χ0n) is 13.2. The second kappa shape index (κ2) is 5.36. The fourth-order valence-corrected chi connectivity index (χ4v) is 2.67. The Kier molecular flexibility index (Phi) is 3.17. The lowest BCUT2D eigenvalue weighted by molar-refractivity contribution is 0.452. The molecule has 5 heteroatoms. The lowest BCUT2D eigenvalue weighted by atomic mass is 10.1. The standard InChI is InChI=1S/C19H13N3O2/c1-11-12(2)21-22-19(16(11)10-20)23-13-7-8-18-15(9-13)14-5-3-4-6-17(14)24-18/h3-9H,1-2H3. The number of ether oxygens (including phenoxy) is 1. The van der Waals surface area contributed by atoms with Crippen molar-refractivity contribution in [3.63, 3.8) is 0 Å². The van der Waals surface area contributed by atoms with Crippen LogP contribution in [0, 0.1) is 25.2 Å². The van der Waals surface area contributed by atoms with Crippen molar-refractivity contribution >= 4 is 21.9 Å². The molecule has 0 amide bonds. The molecule has 2 aromatic heterocycles. The molecular formula is C19H13N3O2. The Balaban J connectivity index is 1.82. The SMILES string of the molecule is Cc1nnc(Oc2ccc3oc4ccccc4c3c2)c(C#N)c1C. The topological polar surface area (TPSA) is 71.9 Å². The first-order chi connectivity index (χ1) is 11.7. The summed E-state index contributed by atoms with van der Waals surface area (Å²) in [6, 6.07) is 15.5. The molecule has 5 nitrogen and oxygen atoms in total. The van der Waals surface area contributed by atoms with E-state index in [1.165, 1.54) is 0 Å². The molecule has 0 spiro atoms. The first-order valence-corrected chi connectivity index (χ1v) is 7.50. The molecule has 4 aromatic rings. The molecule has 0 radical (unpaired) electrons. The van der Waals surface area contributed by atoms with E-state index in [0.717, 1.165) is 33.2 Å². The number of hydrogen-bond acceptors (Lipinski definition) is 5. The molecule has 0 unspecified atom stereocenters. The van der Waals surface area contributed by atoms with E-state index in [-0.39, 0.29) is 5.88 Å². The minimum atomic E-state index is 0.216. The van der Waals surface area contributed by atoms with E-state index >= 15 is 0 Å². The molecule has 0 aliphatic rings. The van der Waals surface area contributed by atoms with Crippen LogP contribution in [0.3, 0.4) is 0 Å². The van der Waals surface area contributed by atoms with Gasteiger partial charge in [0.2, 0.25) is 0 Å². The first kappa shape index (κ1) is 14.2. The fraction of sp³-hybridized carbons (Fsp3) is 0.105. The molecule has 0 bridgehead atoms. The highest BCUT2D eigenvalue weighted by atomic mass is 16.5. The number of benzene rings is 2. The highest BCUT2D eigenvalue weighted by Gasteiger charge is 2.14. The van der Waals surface area contributed by atoms with Crippen molar-refractivity contribution in [2.45, 2.75) is 13.8 Å². The van der Waals surface area contributed by atoms with E-state index < -0.39 is 0 Å². The normalized spacial score (nSPS) is 10.9. The lowest BCUT2D eigenvalue weighted by Crippen LogP contribution is -2.00. The summed E-state index contributed by atoms with van der Waals surface area (Å²) in [6.45, 7) is 3.65. The number of para-hydroxylation sites is 1. The van der Waals surface area contributed by atoms with Crippen molar-refractivity contribution in [3.05, 3.63) is 59.3 Å². The molecule has 24 heavy (non-hydrogen) atoms. The molecule has 4 rings (SSSR count). The van der Waals surface area contributed by atoms with Crippen LogP contribution >= 0.6 is 0 Å². The third kappa shape index (κ3) is 2.17. The van der Waals surface area contributed by atoms with Crippen LogP contribution in [-0.4, -0.2) is 10.2 Å². The summed E-state index contributed by atoms with van der Waals surface area (Å²) in [5.41, 5.74) is 3.51. The summed E-state index contributed by atoms with van der Waals surface area (Å²) in [5.74, 6) is 0.802. The Hall–Kier alpha value is -3.39. The second-order valence-electron chi connectivity index (χ2n) is 5.56. The van der Waals surface area contributed by atoms with Gasteiger partial charge in [-0.15, -0.1) is 5.10 Å². The van der Waals surface area contributed by atoms with Crippen LogP contribution in [0.4, 0.5) is 0 Å². The van der Waals surface area contributed by atoms with Gasteiger partial charge in [0.1, 0.15) is 28.5 Å². The van der Waals surface area contributed by atoms with Gasteiger partial charge >= 0.3 is 0 Å². The van der Waals surface area contributed by atoms with Gasteiger partial charge < -0.3 is 9.15 Å². The first-order valence-electron chi connectivity index (χ1n) is 7.50. The van der Waals surface area contributed by atoms with Crippen molar-refractivity contribution in [2.24, 2.45) is 0 Å². The van der Waals surface area contributed by atoms with Crippen LogP contribution in [0.5, 0.6) is 11.6 Å².